The number of aromatic nitrogens is 2. The molecule has 0 amide bonds. The summed E-state index contributed by atoms with van der Waals surface area (Å²) in [6.07, 6.45) is 6.56. The van der Waals surface area contributed by atoms with Crippen molar-refractivity contribution in [3.63, 3.8) is 0 Å². The summed E-state index contributed by atoms with van der Waals surface area (Å²) in [5, 5.41) is 3.39. The van der Waals surface area contributed by atoms with Gasteiger partial charge < -0.3 is 9.72 Å². The summed E-state index contributed by atoms with van der Waals surface area (Å²) in [6, 6.07) is 4.07. The molecule has 2 aromatic heterocycles. The zero-order valence-corrected chi connectivity index (χ0v) is 10.6. The standard InChI is InChI=1S/C12H14BrN3/c13-10-1-2-12-15-11(8-16(12)7-10)5-9-3-4-14-6-9/h1-2,7-9,14H,3-6H2. The second-order valence-electron chi connectivity index (χ2n) is 4.41. The summed E-state index contributed by atoms with van der Waals surface area (Å²) in [5.74, 6) is 0.758. The molecule has 0 aliphatic carbocycles. The van der Waals surface area contributed by atoms with Gasteiger partial charge in [0.15, 0.2) is 0 Å². The SMILES string of the molecule is Brc1ccc2nc(CC3CCNC3)cn2c1. The second kappa shape index (κ2) is 4.18. The lowest BCUT2D eigenvalue weighted by atomic mass is 10.0. The van der Waals surface area contributed by atoms with E-state index in [2.05, 4.69) is 43.0 Å². The van der Waals surface area contributed by atoms with Crippen molar-refractivity contribution >= 4 is 21.6 Å². The van der Waals surface area contributed by atoms with Crippen molar-refractivity contribution in [1.29, 1.82) is 0 Å². The highest BCUT2D eigenvalue weighted by atomic mass is 79.9. The van der Waals surface area contributed by atoms with Gasteiger partial charge >= 0.3 is 0 Å². The van der Waals surface area contributed by atoms with E-state index in [1.807, 2.05) is 12.1 Å². The first kappa shape index (κ1) is 10.3. The van der Waals surface area contributed by atoms with Gasteiger partial charge in [0, 0.05) is 16.9 Å². The molecule has 2 aromatic rings. The van der Waals surface area contributed by atoms with Crippen molar-refractivity contribution in [2.45, 2.75) is 12.8 Å². The fourth-order valence-electron chi connectivity index (χ4n) is 2.30. The highest BCUT2D eigenvalue weighted by Crippen LogP contribution is 2.17. The van der Waals surface area contributed by atoms with E-state index in [1.54, 1.807) is 0 Å². The van der Waals surface area contributed by atoms with Gasteiger partial charge in [-0.3, -0.25) is 0 Å². The van der Waals surface area contributed by atoms with Crippen molar-refractivity contribution in [1.82, 2.24) is 14.7 Å². The number of nitrogens with zero attached hydrogens (tertiary/aromatic N) is 2. The number of nitrogens with one attached hydrogen (secondary N) is 1. The van der Waals surface area contributed by atoms with Crippen LogP contribution in [0.1, 0.15) is 12.1 Å². The smallest absolute Gasteiger partial charge is 0.137 e. The molecule has 1 N–H and O–H groups in total. The fraction of sp³-hybridized carbons (Fsp3) is 0.417. The monoisotopic (exact) mass is 279 g/mol. The molecule has 1 atom stereocenters. The maximum absolute atomic E-state index is 4.63. The van der Waals surface area contributed by atoms with E-state index >= 15 is 0 Å². The van der Waals surface area contributed by atoms with Gasteiger partial charge in [-0.1, -0.05) is 0 Å². The van der Waals surface area contributed by atoms with Crippen LogP contribution in [0.3, 0.4) is 0 Å². The van der Waals surface area contributed by atoms with Crippen LogP contribution in [-0.2, 0) is 6.42 Å². The van der Waals surface area contributed by atoms with Gasteiger partial charge in [0.2, 0.25) is 0 Å². The lowest BCUT2D eigenvalue weighted by molar-refractivity contribution is 0.573. The van der Waals surface area contributed by atoms with Gasteiger partial charge in [0.1, 0.15) is 5.65 Å². The van der Waals surface area contributed by atoms with Gasteiger partial charge in [-0.05, 0) is 59.9 Å². The Labute approximate surface area is 103 Å². The molecule has 0 spiro atoms. The molecular weight excluding hydrogens is 266 g/mol. The first-order valence-electron chi connectivity index (χ1n) is 5.65. The molecule has 0 aromatic carbocycles. The predicted octanol–water partition coefficient (Wildman–Crippen LogP) is 2.25. The molecule has 3 heterocycles. The molecule has 0 bridgehead atoms. The summed E-state index contributed by atoms with van der Waals surface area (Å²) < 4.78 is 3.17. The largest absolute Gasteiger partial charge is 0.316 e. The minimum absolute atomic E-state index is 0.758. The Kier molecular flexibility index (Phi) is 2.69. The number of hydrogen-bond acceptors (Lipinski definition) is 2. The van der Waals surface area contributed by atoms with Crippen LogP contribution in [0, 0.1) is 5.92 Å². The van der Waals surface area contributed by atoms with Gasteiger partial charge in [0.05, 0.1) is 5.69 Å². The molecule has 1 saturated heterocycles. The van der Waals surface area contributed by atoms with E-state index in [4.69, 9.17) is 0 Å². The van der Waals surface area contributed by atoms with Crippen LogP contribution < -0.4 is 5.32 Å². The third kappa shape index (κ3) is 1.99. The number of imidazole rings is 1. The van der Waals surface area contributed by atoms with Gasteiger partial charge in [-0.15, -0.1) is 0 Å². The van der Waals surface area contributed by atoms with Crippen LogP contribution in [0.4, 0.5) is 0 Å². The molecule has 16 heavy (non-hydrogen) atoms. The molecule has 1 aliphatic heterocycles. The van der Waals surface area contributed by atoms with Crippen LogP contribution in [-0.4, -0.2) is 22.5 Å². The third-order valence-corrected chi connectivity index (χ3v) is 3.59. The van der Waals surface area contributed by atoms with Crippen LogP contribution in [0.5, 0.6) is 0 Å². The summed E-state index contributed by atoms with van der Waals surface area (Å²) in [7, 11) is 0. The van der Waals surface area contributed by atoms with Crippen LogP contribution in [0.2, 0.25) is 0 Å². The Morgan fingerprint density at radius 1 is 1.44 bits per heavy atom. The Morgan fingerprint density at radius 3 is 3.19 bits per heavy atom. The number of hydrogen-bond donors (Lipinski definition) is 1. The Hall–Kier alpha value is -0.870. The predicted molar refractivity (Wildman–Crippen MR) is 67.6 cm³/mol. The molecule has 84 valence electrons. The highest BCUT2D eigenvalue weighted by Gasteiger charge is 2.16. The molecule has 3 nitrogen and oxygen atoms in total. The first-order chi connectivity index (χ1) is 7.81. The quantitative estimate of drug-likeness (QED) is 0.914. The van der Waals surface area contributed by atoms with Gasteiger partial charge in [-0.25, -0.2) is 4.98 Å². The van der Waals surface area contributed by atoms with E-state index in [-0.39, 0.29) is 0 Å². The summed E-state index contributed by atoms with van der Waals surface area (Å²) in [5.41, 5.74) is 2.23. The number of halogens is 1. The van der Waals surface area contributed by atoms with Crippen molar-refractivity contribution in [2.75, 3.05) is 13.1 Å². The van der Waals surface area contributed by atoms with Crippen molar-refractivity contribution in [3.8, 4) is 0 Å². The van der Waals surface area contributed by atoms with Crippen molar-refractivity contribution in [2.24, 2.45) is 5.92 Å². The average molecular weight is 280 g/mol. The van der Waals surface area contributed by atoms with Crippen LogP contribution >= 0.6 is 15.9 Å². The average Bonchev–Trinajstić information content (AvgIpc) is 2.86. The lowest BCUT2D eigenvalue weighted by Crippen LogP contribution is -2.10. The molecule has 0 saturated carbocycles. The zero-order chi connectivity index (χ0) is 11.0. The molecule has 1 aliphatic rings. The Balaban J connectivity index is 1.86. The number of fused-ring (bicyclic) bond motifs is 1. The normalized spacial score (nSPS) is 20.7. The fourth-order valence-corrected chi connectivity index (χ4v) is 2.65. The molecule has 1 unspecified atom stereocenters. The highest BCUT2D eigenvalue weighted by molar-refractivity contribution is 9.10. The van der Waals surface area contributed by atoms with E-state index in [9.17, 15) is 0 Å². The topological polar surface area (TPSA) is 29.3 Å². The van der Waals surface area contributed by atoms with Gasteiger partial charge in [0.25, 0.3) is 0 Å². The van der Waals surface area contributed by atoms with E-state index in [0.717, 1.165) is 35.5 Å². The van der Waals surface area contributed by atoms with Crippen molar-refractivity contribution < 1.29 is 0 Å². The van der Waals surface area contributed by atoms with Crippen molar-refractivity contribution in [3.05, 3.63) is 34.7 Å². The van der Waals surface area contributed by atoms with E-state index < -0.39 is 0 Å². The summed E-state index contributed by atoms with van der Waals surface area (Å²) in [4.78, 5) is 4.63. The van der Waals surface area contributed by atoms with E-state index in [0.29, 0.717) is 0 Å². The molecule has 3 rings (SSSR count). The maximum atomic E-state index is 4.63. The Morgan fingerprint density at radius 2 is 2.38 bits per heavy atom. The molecule has 4 heteroatoms. The number of rotatable bonds is 2. The van der Waals surface area contributed by atoms with Crippen LogP contribution in [0.15, 0.2) is 29.0 Å². The van der Waals surface area contributed by atoms with E-state index in [1.165, 1.54) is 12.1 Å². The lowest BCUT2D eigenvalue weighted by Gasteiger charge is -2.03. The minimum atomic E-state index is 0.758. The zero-order valence-electron chi connectivity index (χ0n) is 8.99. The molecule has 0 radical (unpaired) electrons. The minimum Gasteiger partial charge on any atom is -0.316 e. The maximum Gasteiger partial charge on any atom is 0.137 e. The van der Waals surface area contributed by atoms with Gasteiger partial charge in [-0.2, -0.15) is 0 Å². The molecule has 1 fully saturated rings. The third-order valence-electron chi connectivity index (χ3n) is 3.13. The molecular formula is C12H14BrN3. The first-order valence-corrected chi connectivity index (χ1v) is 6.44. The Bertz CT molecular complexity index is 500. The number of pyridine rings is 1. The summed E-state index contributed by atoms with van der Waals surface area (Å²) >= 11 is 3.47. The van der Waals surface area contributed by atoms with Crippen LogP contribution in [0.25, 0.3) is 5.65 Å². The summed E-state index contributed by atoms with van der Waals surface area (Å²) in [6.45, 7) is 2.29. The second-order valence-corrected chi connectivity index (χ2v) is 5.32.